The van der Waals surface area contributed by atoms with Gasteiger partial charge in [0.1, 0.15) is 11.6 Å². The van der Waals surface area contributed by atoms with Gasteiger partial charge in [0.2, 0.25) is 0 Å². The van der Waals surface area contributed by atoms with Gasteiger partial charge in [-0.05, 0) is 52.3 Å². The van der Waals surface area contributed by atoms with Gasteiger partial charge in [0.15, 0.2) is 0 Å². The number of anilines is 4. The Labute approximate surface area is 180 Å². The Morgan fingerprint density at radius 2 is 1.64 bits per heavy atom. The van der Waals surface area contributed by atoms with Crippen molar-refractivity contribution in [1.82, 2.24) is 4.98 Å². The third kappa shape index (κ3) is 3.87. The maximum atomic E-state index is 10.1. The number of hydrogen-bond donors (Lipinski definition) is 3. The molecule has 4 nitrogen and oxygen atoms in total. The highest BCUT2D eigenvalue weighted by atomic mass is 79.9. The lowest BCUT2D eigenvalue weighted by atomic mass is 10.1. The van der Waals surface area contributed by atoms with Crippen molar-refractivity contribution < 1.29 is 5.11 Å². The normalized spacial score (nSPS) is 10.8. The van der Waals surface area contributed by atoms with Crippen molar-refractivity contribution in [3.8, 4) is 5.75 Å². The number of fused-ring (bicyclic) bond motifs is 1. The van der Waals surface area contributed by atoms with Crippen LogP contribution in [0.1, 0.15) is 0 Å². The number of nitrogens with one attached hydrogen (secondary N) is 2. The topological polar surface area (TPSA) is 57.2 Å². The minimum atomic E-state index is 0.149. The Balaban J connectivity index is 1.80. The smallest absolute Gasteiger partial charge is 0.139 e. The zero-order valence-electron chi connectivity index (χ0n) is 14.4. The summed E-state index contributed by atoms with van der Waals surface area (Å²) in [4.78, 5) is 4.69. The maximum Gasteiger partial charge on any atom is 0.139 e. The number of pyridine rings is 1. The van der Waals surface area contributed by atoms with Crippen molar-refractivity contribution in [2.45, 2.75) is 0 Å². The second-order valence-corrected chi connectivity index (χ2v) is 7.76. The molecular weight excluding hydrogens is 461 g/mol. The first kappa shape index (κ1) is 18.9. The van der Waals surface area contributed by atoms with Crippen molar-refractivity contribution in [3.63, 3.8) is 0 Å². The maximum absolute atomic E-state index is 10.1. The molecule has 0 atom stereocenters. The molecule has 0 amide bonds. The summed E-state index contributed by atoms with van der Waals surface area (Å²) in [7, 11) is 0. The number of phenols is 1. The molecule has 4 rings (SSSR count). The van der Waals surface area contributed by atoms with E-state index in [0.717, 1.165) is 26.8 Å². The van der Waals surface area contributed by atoms with Gasteiger partial charge in [-0.2, -0.15) is 0 Å². The highest BCUT2D eigenvalue weighted by molar-refractivity contribution is 9.10. The van der Waals surface area contributed by atoms with Gasteiger partial charge in [-0.15, -0.1) is 0 Å². The van der Waals surface area contributed by atoms with Crippen molar-refractivity contribution in [1.29, 1.82) is 0 Å². The van der Waals surface area contributed by atoms with E-state index in [4.69, 9.17) is 23.2 Å². The Morgan fingerprint density at radius 1 is 0.821 bits per heavy atom. The summed E-state index contributed by atoms with van der Waals surface area (Å²) in [5, 5.41) is 18.5. The van der Waals surface area contributed by atoms with Crippen LogP contribution in [0.15, 0.2) is 71.2 Å². The summed E-state index contributed by atoms with van der Waals surface area (Å²) in [6, 6.07) is 20.1. The first-order valence-corrected chi connectivity index (χ1v) is 9.92. The lowest BCUT2D eigenvalue weighted by molar-refractivity contribution is 0.477. The third-order valence-electron chi connectivity index (χ3n) is 4.16. The summed E-state index contributed by atoms with van der Waals surface area (Å²) in [5.74, 6) is 0.735. The lowest BCUT2D eigenvalue weighted by Crippen LogP contribution is -1.99. The number of rotatable bonds is 4. The van der Waals surface area contributed by atoms with E-state index in [1.54, 1.807) is 30.3 Å². The average Bonchev–Trinajstić information content (AvgIpc) is 2.67. The number of hydrogen-bond acceptors (Lipinski definition) is 4. The van der Waals surface area contributed by atoms with Gasteiger partial charge in [-0.3, -0.25) is 0 Å². The van der Waals surface area contributed by atoms with Crippen LogP contribution in [0.5, 0.6) is 5.75 Å². The highest BCUT2D eigenvalue weighted by Crippen LogP contribution is 2.35. The van der Waals surface area contributed by atoms with E-state index >= 15 is 0 Å². The number of halogens is 3. The minimum absolute atomic E-state index is 0.149. The Hall–Kier alpha value is -2.47. The Kier molecular flexibility index (Phi) is 5.31. The fourth-order valence-electron chi connectivity index (χ4n) is 2.83. The zero-order valence-corrected chi connectivity index (χ0v) is 17.5. The molecule has 0 bridgehead atoms. The lowest BCUT2D eigenvalue weighted by Gasteiger charge is -2.15. The molecule has 1 aromatic heterocycles. The molecule has 0 aliphatic rings. The summed E-state index contributed by atoms with van der Waals surface area (Å²) in [5.41, 5.74) is 2.99. The second kappa shape index (κ2) is 7.87. The van der Waals surface area contributed by atoms with Gasteiger partial charge < -0.3 is 15.7 Å². The standard InChI is InChI=1S/C21H14BrCl2N3O/c22-14-5-3-4-13-18(25-12-8-9-15(23)16(24)10-12)11-20(27-21(13)14)26-17-6-1-2-7-19(17)28/h1-11,28H,(H2,25,26,27). The van der Waals surface area contributed by atoms with Crippen LogP contribution in [0.3, 0.4) is 0 Å². The van der Waals surface area contributed by atoms with Crippen molar-refractivity contribution in [3.05, 3.63) is 81.2 Å². The average molecular weight is 475 g/mol. The molecule has 1 heterocycles. The summed E-state index contributed by atoms with van der Waals surface area (Å²) in [6.07, 6.45) is 0. The third-order valence-corrected chi connectivity index (χ3v) is 5.53. The minimum Gasteiger partial charge on any atom is -0.506 e. The van der Waals surface area contributed by atoms with Crippen LogP contribution in [0.2, 0.25) is 10.0 Å². The van der Waals surface area contributed by atoms with Crippen LogP contribution in [-0.4, -0.2) is 10.1 Å². The van der Waals surface area contributed by atoms with Crippen LogP contribution >= 0.6 is 39.1 Å². The number of phenolic OH excluding ortho intramolecular Hbond substituents is 1. The number of nitrogens with zero attached hydrogens (tertiary/aromatic N) is 1. The van der Waals surface area contributed by atoms with Crippen molar-refractivity contribution in [2.75, 3.05) is 10.6 Å². The number of benzene rings is 3. The van der Waals surface area contributed by atoms with E-state index < -0.39 is 0 Å². The van der Waals surface area contributed by atoms with E-state index in [-0.39, 0.29) is 5.75 Å². The molecule has 0 saturated carbocycles. The largest absolute Gasteiger partial charge is 0.506 e. The number of para-hydroxylation sites is 3. The van der Waals surface area contributed by atoms with Crippen LogP contribution in [0, 0.1) is 0 Å². The zero-order chi connectivity index (χ0) is 19.7. The predicted octanol–water partition coefficient (Wildman–Crippen LogP) is 7.50. The summed E-state index contributed by atoms with van der Waals surface area (Å²) < 4.78 is 0.864. The van der Waals surface area contributed by atoms with Gasteiger partial charge in [-0.25, -0.2) is 4.98 Å². The fourth-order valence-corrected chi connectivity index (χ4v) is 3.58. The Morgan fingerprint density at radius 3 is 2.43 bits per heavy atom. The van der Waals surface area contributed by atoms with Gasteiger partial charge in [0.25, 0.3) is 0 Å². The Bertz CT molecular complexity index is 1180. The van der Waals surface area contributed by atoms with Gasteiger partial charge >= 0.3 is 0 Å². The van der Waals surface area contributed by atoms with E-state index in [0.29, 0.717) is 21.6 Å². The SMILES string of the molecule is Oc1ccccc1Nc1cc(Nc2ccc(Cl)c(Cl)c2)c2cccc(Br)c2n1. The molecule has 0 spiro atoms. The van der Waals surface area contributed by atoms with E-state index in [9.17, 15) is 5.11 Å². The molecule has 0 radical (unpaired) electrons. The molecule has 3 aromatic carbocycles. The molecule has 0 fully saturated rings. The molecule has 0 unspecified atom stereocenters. The molecule has 140 valence electrons. The first-order chi connectivity index (χ1) is 13.5. The van der Waals surface area contributed by atoms with Crippen molar-refractivity contribution in [2.24, 2.45) is 0 Å². The van der Waals surface area contributed by atoms with E-state index in [1.807, 2.05) is 36.4 Å². The molecule has 4 aromatic rings. The molecule has 3 N–H and O–H groups in total. The van der Waals surface area contributed by atoms with E-state index in [2.05, 4.69) is 31.5 Å². The second-order valence-electron chi connectivity index (χ2n) is 6.09. The molecule has 7 heteroatoms. The van der Waals surface area contributed by atoms with Crippen LogP contribution in [-0.2, 0) is 0 Å². The highest BCUT2D eigenvalue weighted by Gasteiger charge is 2.11. The fraction of sp³-hybridized carbons (Fsp3) is 0. The van der Waals surface area contributed by atoms with Crippen LogP contribution < -0.4 is 10.6 Å². The summed E-state index contributed by atoms with van der Waals surface area (Å²) in [6.45, 7) is 0. The molecule has 0 aliphatic heterocycles. The molecule has 0 aliphatic carbocycles. The molecular formula is C21H14BrCl2N3O. The summed E-state index contributed by atoms with van der Waals surface area (Å²) >= 11 is 15.7. The first-order valence-electron chi connectivity index (χ1n) is 8.37. The predicted molar refractivity (Wildman–Crippen MR) is 121 cm³/mol. The number of aromatic nitrogens is 1. The number of aromatic hydroxyl groups is 1. The monoisotopic (exact) mass is 473 g/mol. The van der Waals surface area contributed by atoms with Gasteiger partial charge in [0, 0.05) is 21.6 Å². The van der Waals surface area contributed by atoms with Crippen LogP contribution in [0.25, 0.3) is 10.9 Å². The van der Waals surface area contributed by atoms with Crippen molar-refractivity contribution >= 4 is 72.9 Å². The quantitative estimate of drug-likeness (QED) is 0.268. The van der Waals surface area contributed by atoms with Gasteiger partial charge in [0.05, 0.1) is 26.9 Å². The van der Waals surface area contributed by atoms with Crippen LogP contribution in [0.4, 0.5) is 22.9 Å². The molecule has 28 heavy (non-hydrogen) atoms. The molecule has 0 saturated heterocycles. The van der Waals surface area contributed by atoms with E-state index in [1.165, 1.54) is 0 Å². The van der Waals surface area contributed by atoms with Gasteiger partial charge in [-0.1, -0.05) is 47.5 Å².